The Hall–Kier alpha value is -4.50. The fraction of sp³-hybridized carbons (Fsp3) is 0.571. The monoisotopic (exact) mass is 790 g/mol. The number of ether oxygens (including phenoxy) is 2. The van der Waals surface area contributed by atoms with Crippen LogP contribution < -0.4 is 14.5 Å². The molecule has 1 N–H and O–H groups in total. The fourth-order valence-corrected chi connectivity index (χ4v) is 9.95. The number of aromatic amines is 1. The molecule has 2 aromatic carbocycles. The third kappa shape index (κ3) is 7.19. The van der Waals surface area contributed by atoms with Gasteiger partial charge in [-0.2, -0.15) is 23.3 Å². The summed E-state index contributed by atoms with van der Waals surface area (Å²) in [5, 5.41) is 8.83. The number of hydrogen-bond donors (Lipinski definition) is 1. The number of carbonyl (C=O) groups is 1. The van der Waals surface area contributed by atoms with Crippen molar-refractivity contribution in [2.45, 2.75) is 64.0 Å². The molecular formula is C42H50F4N8O3. The van der Waals surface area contributed by atoms with Crippen LogP contribution in [0.15, 0.2) is 36.8 Å². The average Bonchev–Trinajstić information content (AvgIpc) is 3.79. The molecule has 2 spiro atoms. The number of nitrogens with one attached hydrogen (secondary N) is 1. The highest BCUT2D eigenvalue weighted by Gasteiger charge is 2.48. The minimum atomic E-state index is -4.58. The number of benzene rings is 2. The molecule has 0 radical (unpaired) electrons. The van der Waals surface area contributed by atoms with E-state index in [2.05, 4.69) is 37.5 Å². The lowest BCUT2D eigenvalue weighted by Crippen LogP contribution is -2.62. The van der Waals surface area contributed by atoms with E-state index < -0.39 is 24.5 Å². The predicted molar refractivity (Wildman–Crippen MR) is 210 cm³/mol. The fourth-order valence-electron chi connectivity index (χ4n) is 9.95. The Labute approximate surface area is 329 Å². The van der Waals surface area contributed by atoms with Gasteiger partial charge in [0.05, 0.1) is 18.3 Å². The van der Waals surface area contributed by atoms with E-state index in [1.807, 2.05) is 19.1 Å². The number of likely N-dealkylation sites (tertiary alicyclic amines) is 2. The number of fused-ring (bicyclic) bond motifs is 2. The second-order valence-electron chi connectivity index (χ2n) is 17.2. The number of amides is 1. The quantitative estimate of drug-likeness (QED) is 0.133. The summed E-state index contributed by atoms with van der Waals surface area (Å²) in [6.45, 7) is 11.0. The first kappa shape index (κ1) is 38.0. The Morgan fingerprint density at radius 2 is 1.65 bits per heavy atom. The molecule has 9 rings (SSSR count). The van der Waals surface area contributed by atoms with Crippen molar-refractivity contribution < 1.29 is 31.8 Å². The van der Waals surface area contributed by atoms with Crippen molar-refractivity contribution in [1.82, 2.24) is 30.0 Å². The van der Waals surface area contributed by atoms with Crippen molar-refractivity contribution >= 4 is 39.5 Å². The summed E-state index contributed by atoms with van der Waals surface area (Å²) in [5.41, 5.74) is 4.50. The highest BCUT2D eigenvalue weighted by atomic mass is 19.4. The van der Waals surface area contributed by atoms with Gasteiger partial charge in [0, 0.05) is 81.2 Å². The van der Waals surface area contributed by atoms with Gasteiger partial charge in [0.25, 0.3) is 5.91 Å². The number of piperidine rings is 2. The number of aryl methyl sites for hydroxylation is 1. The van der Waals surface area contributed by atoms with Crippen LogP contribution in [-0.4, -0.2) is 121 Å². The zero-order valence-corrected chi connectivity index (χ0v) is 32.7. The van der Waals surface area contributed by atoms with Gasteiger partial charge in [-0.15, -0.1) is 0 Å². The lowest BCUT2D eigenvalue weighted by molar-refractivity contribution is -0.153. The first-order chi connectivity index (χ1) is 27.3. The van der Waals surface area contributed by atoms with Crippen LogP contribution in [0.1, 0.15) is 62.0 Å². The number of anilines is 2. The maximum atomic E-state index is 14.2. The van der Waals surface area contributed by atoms with Crippen LogP contribution in [0.3, 0.4) is 0 Å². The molecule has 5 aliphatic rings. The standard InChI is InChI=1S/C42H50F4N8O3/c1-26-4-7-32-31(21-47-50-32)33(26)34-29(28-5-6-28)20-30-35(36(34)57-25-42(44,45)46)48-39(53-16-9-40(10-17-53)8-13-51(22-40)18-19-56-3)49-37(30)52-14-11-41(12-15-52)23-54(24-41)38(55)27(2)43/h4,7,20-21,28H,2,5-6,8-19,22-25H2,1,3H3,(H,47,50). The number of halogens is 4. The molecule has 1 aliphatic carbocycles. The Morgan fingerprint density at radius 3 is 2.33 bits per heavy atom. The van der Waals surface area contributed by atoms with E-state index in [0.29, 0.717) is 61.0 Å². The molecule has 2 aromatic heterocycles. The van der Waals surface area contributed by atoms with E-state index in [1.165, 1.54) is 4.90 Å². The van der Waals surface area contributed by atoms with Gasteiger partial charge >= 0.3 is 6.18 Å². The number of nitrogens with zero attached hydrogens (tertiary/aromatic N) is 7. The SMILES string of the molecule is C=C(F)C(=O)N1CC2(CCN(c3nc(N4CCC5(CCN(CCOC)C5)CC4)nc4c(OCC(F)(F)F)c(-c5c(C)ccc6[nH]ncc56)c(C5CC5)cc34)CC2)C1. The lowest BCUT2D eigenvalue weighted by atomic mass is 9.72. The topological polar surface area (TPSA) is 103 Å². The van der Waals surface area contributed by atoms with E-state index in [1.54, 1.807) is 13.3 Å². The molecule has 0 atom stereocenters. The summed E-state index contributed by atoms with van der Waals surface area (Å²) in [6.07, 6.45) is 3.54. The van der Waals surface area contributed by atoms with Gasteiger partial charge in [-0.25, -0.2) is 9.37 Å². The van der Waals surface area contributed by atoms with Gasteiger partial charge in [-0.1, -0.05) is 12.6 Å². The molecule has 1 saturated carbocycles. The minimum absolute atomic E-state index is 0.124. The third-order valence-electron chi connectivity index (χ3n) is 13.4. The van der Waals surface area contributed by atoms with Crippen molar-refractivity contribution in [3.8, 4) is 16.9 Å². The zero-order valence-electron chi connectivity index (χ0n) is 32.7. The molecule has 4 saturated heterocycles. The largest absolute Gasteiger partial charge is 0.481 e. The number of alkyl halides is 3. The predicted octanol–water partition coefficient (Wildman–Crippen LogP) is 7.15. The summed E-state index contributed by atoms with van der Waals surface area (Å²) in [6, 6.07) is 6.01. The van der Waals surface area contributed by atoms with Crippen molar-refractivity contribution in [2.24, 2.45) is 10.8 Å². The molecule has 4 aliphatic heterocycles. The second-order valence-corrected chi connectivity index (χ2v) is 17.2. The summed E-state index contributed by atoms with van der Waals surface area (Å²) < 4.78 is 67.6. The summed E-state index contributed by atoms with van der Waals surface area (Å²) in [7, 11) is 1.73. The van der Waals surface area contributed by atoms with E-state index in [9.17, 15) is 22.4 Å². The van der Waals surface area contributed by atoms with Crippen LogP contribution in [0.4, 0.5) is 29.3 Å². The molecular weight excluding hydrogens is 741 g/mol. The Morgan fingerprint density at radius 1 is 0.947 bits per heavy atom. The van der Waals surface area contributed by atoms with Gasteiger partial charge in [0.2, 0.25) is 5.95 Å². The van der Waals surface area contributed by atoms with Gasteiger partial charge in [0.1, 0.15) is 11.3 Å². The summed E-state index contributed by atoms with van der Waals surface area (Å²) in [5.74, 6) is -0.161. The smallest absolute Gasteiger partial charge is 0.422 e. The van der Waals surface area contributed by atoms with E-state index in [0.717, 1.165) is 105 Å². The van der Waals surface area contributed by atoms with Crippen molar-refractivity contribution in [2.75, 3.05) is 89.0 Å². The Balaban J connectivity index is 1.15. The van der Waals surface area contributed by atoms with Crippen molar-refractivity contribution in [3.05, 3.63) is 47.9 Å². The molecule has 15 heteroatoms. The zero-order chi connectivity index (χ0) is 39.7. The maximum Gasteiger partial charge on any atom is 0.422 e. The second kappa shape index (κ2) is 14.4. The Bertz CT molecular complexity index is 2200. The molecule has 0 bridgehead atoms. The van der Waals surface area contributed by atoms with Crippen LogP contribution in [0.25, 0.3) is 32.9 Å². The van der Waals surface area contributed by atoms with Gasteiger partial charge < -0.3 is 29.1 Å². The number of hydrogen-bond acceptors (Lipinski definition) is 9. The molecule has 304 valence electrons. The van der Waals surface area contributed by atoms with E-state index >= 15 is 0 Å². The summed E-state index contributed by atoms with van der Waals surface area (Å²) >= 11 is 0. The van der Waals surface area contributed by atoms with Crippen molar-refractivity contribution in [1.29, 1.82) is 0 Å². The normalized spacial score (nSPS) is 20.9. The molecule has 5 fully saturated rings. The molecule has 6 heterocycles. The van der Waals surface area contributed by atoms with Gasteiger partial charge in [-0.3, -0.25) is 9.89 Å². The number of carbonyl (C=O) groups excluding carboxylic acids is 1. The van der Waals surface area contributed by atoms with Crippen LogP contribution in [0, 0.1) is 17.8 Å². The van der Waals surface area contributed by atoms with Crippen LogP contribution >= 0.6 is 0 Å². The Kier molecular flexibility index (Phi) is 9.61. The third-order valence-corrected chi connectivity index (χ3v) is 13.4. The van der Waals surface area contributed by atoms with Gasteiger partial charge in [-0.05, 0) is 98.6 Å². The number of methoxy groups -OCH3 is 1. The van der Waals surface area contributed by atoms with Crippen LogP contribution in [-0.2, 0) is 9.53 Å². The highest BCUT2D eigenvalue weighted by molar-refractivity contribution is 6.06. The van der Waals surface area contributed by atoms with E-state index in [4.69, 9.17) is 19.4 Å². The first-order valence-electron chi connectivity index (χ1n) is 20.2. The average molecular weight is 791 g/mol. The highest BCUT2D eigenvalue weighted by Crippen LogP contribution is 2.54. The molecule has 1 amide bonds. The minimum Gasteiger partial charge on any atom is -0.481 e. The molecule has 0 unspecified atom stereocenters. The maximum absolute atomic E-state index is 14.2. The number of rotatable bonds is 10. The van der Waals surface area contributed by atoms with Crippen molar-refractivity contribution in [3.63, 3.8) is 0 Å². The summed E-state index contributed by atoms with van der Waals surface area (Å²) in [4.78, 5) is 31.2. The number of aromatic nitrogens is 4. The first-order valence-corrected chi connectivity index (χ1v) is 20.2. The molecule has 57 heavy (non-hydrogen) atoms. The van der Waals surface area contributed by atoms with E-state index in [-0.39, 0.29) is 22.5 Å². The lowest BCUT2D eigenvalue weighted by Gasteiger charge is -2.54. The van der Waals surface area contributed by atoms with Crippen LogP contribution in [0.5, 0.6) is 5.75 Å². The molecule has 4 aromatic rings. The van der Waals surface area contributed by atoms with Crippen LogP contribution in [0.2, 0.25) is 0 Å². The van der Waals surface area contributed by atoms with Gasteiger partial charge in [0.15, 0.2) is 18.2 Å². The molecule has 11 nitrogen and oxygen atoms in total. The number of H-pyrrole nitrogens is 1.